The quantitative estimate of drug-likeness (QED) is 0.862. The Kier molecular flexibility index (Phi) is 3.61. The van der Waals surface area contributed by atoms with Crippen LogP contribution in [-0.2, 0) is 0 Å². The van der Waals surface area contributed by atoms with Crippen molar-refractivity contribution in [3.8, 4) is 0 Å². The van der Waals surface area contributed by atoms with Crippen LogP contribution in [0.25, 0.3) is 5.65 Å². The van der Waals surface area contributed by atoms with Crippen LogP contribution in [0, 0.1) is 12.8 Å². The average molecular weight is 232 g/mol. The van der Waals surface area contributed by atoms with Gasteiger partial charge in [-0.05, 0) is 24.5 Å². The zero-order valence-electron chi connectivity index (χ0n) is 10.8. The summed E-state index contributed by atoms with van der Waals surface area (Å²) in [4.78, 5) is 4.44. The number of nitrogens with one attached hydrogen (secondary N) is 1. The van der Waals surface area contributed by atoms with Crippen LogP contribution in [0.2, 0.25) is 0 Å². The van der Waals surface area contributed by atoms with Crippen LogP contribution in [-0.4, -0.2) is 21.1 Å². The molecule has 0 unspecified atom stereocenters. The van der Waals surface area contributed by atoms with E-state index in [4.69, 9.17) is 0 Å². The zero-order chi connectivity index (χ0) is 12.3. The number of hydrogen-bond acceptors (Lipinski definition) is 3. The molecule has 0 aliphatic carbocycles. The molecule has 0 saturated heterocycles. The molecule has 0 fully saturated rings. The molecule has 0 radical (unpaired) electrons. The monoisotopic (exact) mass is 232 g/mol. The molecule has 0 atom stereocenters. The van der Waals surface area contributed by atoms with Crippen LogP contribution in [0.3, 0.4) is 0 Å². The molecule has 0 saturated carbocycles. The second-order valence-corrected chi connectivity index (χ2v) is 4.51. The Bertz CT molecular complexity index is 485. The van der Waals surface area contributed by atoms with Gasteiger partial charge in [-0.2, -0.15) is 4.98 Å². The largest absolute Gasteiger partial charge is 0.353 e. The molecule has 2 heterocycles. The van der Waals surface area contributed by atoms with Crippen molar-refractivity contribution in [2.75, 3.05) is 11.9 Å². The van der Waals surface area contributed by atoms with E-state index >= 15 is 0 Å². The van der Waals surface area contributed by atoms with E-state index in [-0.39, 0.29) is 0 Å². The van der Waals surface area contributed by atoms with Crippen molar-refractivity contribution >= 4 is 11.6 Å². The summed E-state index contributed by atoms with van der Waals surface area (Å²) in [6, 6.07) is 4.04. The molecule has 4 nitrogen and oxygen atoms in total. The Balaban J connectivity index is 2.09. The molecule has 0 aliphatic heterocycles. The highest BCUT2D eigenvalue weighted by Crippen LogP contribution is 2.10. The van der Waals surface area contributed by atoms with Gasteiger partial charge < -0.3 is 5.32 Å². The number of aromatic nitrogens is 3. The molecule has 92 valence electrons. The Morgan fingerprint density at radius 1 is 1.29 bits per heavy atom. The van der Waals surface area contributed by atoms with Gasteiger partial charge in [-0.25, -0.2) is 4.52 Å². The van der Waals surface area contributed by atoms with E-state index in [9.17, 15) is 0 Å². The minimum absolute atomic E-state index is 0.698. The van der Waals surface area contributed by atoms with Gasteiger partial charge in [0.25, 0.3) is 0 Å². The second kappa shape index (κ2) is 5.17. The summed E-state index contributed by atoms with van der Waals surface area (Å²) in [7, 11) is 0. The predicted octanol–water partition coefficient (Wildman–Crippen LogP) is 2.89. The maximum Gasteiger partial charge on any atom is 0.243 e. The second-order valence-electron chi connectivity index (χ2n) is 4.51. The van der Waals surface area contributed by atoms with Crippen LogP contribution in [0.15, 0.2) is 18.3 Å². The van der Waals surface area contributed by atoms with Crippen LogP contribution in [0.4, 0.5) is 5.95 Å². The Morgan fingerprint density at radius 2 is 2.06 bits per heavy atom. The first-order chi connectivity index (χ1) is 8.22. The Hall–Kier alpha value is -1.58. The molecule has 0 aromatic carbocycles. The molecule has 0 spiro atoms. The summed E-state index contributed by atoms with van der Waals surface area (Å²) in [6.07, 6.45) is 4.37. The molecule has 0 amide bonds. The molecule has 0 aliphatic rings. The molecular formula is C13H20N4. The van der Waals surface area contributed by atoms with Gasteiger partial charge in [0.15, 0.2) is 5.65 Å². The van der Waals surface area contributed by atoms with Gasteiger partial charge >= 0.3 is 0 Å². The van der Waals surface area contributed by atoms with Gasteiger partial charge in [-0.1, -0.05) is 32.8 Å². The van der Waals surface area contributed by atoms with E-state index in [2.05, 4.69) is 42.2 Å². The first kappa shape index (κ1) is 11.9. The van der Waals surface area contributed by atoms with E-state index in [1.54, 1.807) is 0 Å². The van der Waals surface area contributed by atoms with Gasteiger partial charge in [-0.3, -0.25) is 0 Å². The fraction of sp³-hybridized carbons (Fsp3) is 0.538. The average Bonchev–Trinajstić information content (AvgIpc) is 2.72. The van der Waals surface area contributed by atoms with E-state index in [1.165, 1.54) is 18.4 Å². The van der Waals surface area contributed by atoms with Crippen molar-refractivity contribution in [2.45, 2.75) is 33.6 Å². The molecule has 2 aromatic heterocycles. The lowest BCUT2D eigenvalue weighted by Crippen LogP contribution is -2.13. The smallest absolute Gasteiger partial charge is 0.243 e. The highest BCUT2D eigenvalue weighted by molar-refractivity contribution is 5.44. The van der Waals surface area contributed by atoms with Crippen molar-refractivity contribution in [3.63, 3.8) is 0 Å². The van der Waals surface area contributed by atoms with Crippen LogP contribution >= 0.6 is 0 Å². The van der Waals surface area contributed by atoms with Gasteiger partial charge in [-0.15, -0.1) is 5.10 Å². The van der Waals surface area contributed by atoms with E-state index < -0.39 is 0 Å². The summed E-state index contributed by atoms with van der Waals surface area (Å²) in [6.45, 7) is 7.44. The van der Waals surface area contributed by atoms with Crippen molar-refractivity contribution in [3.05, 3.63) is 23.9 Å². The topological polar surface area (TPSA) is 42.2 Å². The number of hydrogen-bond donors (Lipinski definition) is 1. The van der Waals surface area contributed by atoms with Crippen LogP contribution < -0.4 is 5.32 Å². The van der Waals surface area contributed by atoms with Crippen LogP contribution in [0.5, 0.6) is 0 Å². The summed E-state index contributed by atoms with van der Waals surface area (Å²) in [5, 5.41) is 7.72. The normalized spacial score (nSPS) is 11.3. The predicted molar refractivity (Wildman–Crippen MR) is 70.3 cm³/mol. The summed E-state index contributed by atoms with van der Waals surface area (Å²) in [5.74, 6) is 1.42. The molecule has 2 aromatic rings. The molecule has 17 heavy (non-hydrogen) atoms. The lowest BCUT2D eigenvalue weighted by Gasteiger charge is -2.11. The number of anilines is 1. The van der Waals surface area contributed by atoms with Gasteiger partial charge in [0.2, 0.25) is 5.95 Å². The first-order valence-corrected chi connectivity index (χ1v) is 6.29. The van der Waals surface area contributed by atoms with Gasteiger partial charge in [0.1, 0.15) is 0 Å². The summed E-state index contributed by atoms with van der Waals surface area (Å²) in [5.41, 5.74) is 2.08. The number of pyridine rings is 1. The lowest BCUT2D eigenvalue weighted by molar-refractivity contribution is 0.517. The van der Waals surface area contributed by atoms with E-state index in [0.29, 0.717) is 5.92 Å². The summed E-state index contributed by atoms with van der Waals surface area (Å²) >= 11 is 0. The number of nitrogens with zero attached hydrogens (tertiary/aromatic N) is 3. The third-order valence-electron chi connectivity index (χ3n) is 3.18. The molecule has 0 bridgehead atoms. The standard InChI is InChI=1S/C13H20N4/c1-4-11(5-2)8-14-13-15-12-7-6-10(3)9-17(12)16-13/h6-7,9,11H,4-5,8H2,1-3H3,(H,14,16). The van der Waals surface area contributed by atoms with Crippen molar-refractivity contribution in [1.29, 1.82) is 0 Å². The van der Waals surface area contributed by atoms with E-state index in [1.807, 2.05) is 16.8 Å². The SMILES string of the molecule is CCC(CC)CNc1nc2ccc(C)cn2n1. The highest BCUT2D eigenvalue weighted by Gasteiger charge is 2.06. The maximum atomic E-state index is 4.44. The molecule has 4 heteroatoms. The Morgan fingerprint density at radius 3 is 2.76 bits per heavy atom. The number of rotatable bonds is 5. The van der Waals surface area contributed by atoms with Crippen molar-refractivity contribution in [2.24, 2.45) is 5.92 Å². The minimum atomic E-state index is 0.698. The van der Waals surface area contributed by atoms with E-state index in [0.717, 1.165) is 18.1 Å². The van der Waals surface area contributed by atoms with Gasteiger partial charge in [0, 0.05) is 12.7 Å². The van der Waals surface area contributed by atoms with Gasteiger partial charge in [0.05, 0.1) is 0 Å². The zero-order valence-corrected chi connectivity index (χ0v) is 10.8. The molecule has 2 rings (SSSR count). The minimum Gasteiger partial charge on any atom is -0.353 e. The molecular weight excluding hydrogens is 212 g/mol. The first-order valence-electron chi connectivity index (χ1n) is 6.29. The third-order valence-corrected chi connectivity index (χ3v) is 3.18. The molecule has 1 N–H and O–H groups in total. The fourth-order valence-corrected chi connectivity index (χ4v) is 1.87. The highest BCUT2D eigenvalue weighted by atomic mass is 15.3. The Labute approximate surface area is 102 Å². The lowest BCUT2D eigenvalue weighted by atomic mass is 10.0. The summed E-state index contributed by atoms with van der Waals surface area (Å²) < 4.78 is 1.82. The fourth-order valence-electron chi connectivity index (χ4n) is 1.87. The number of fused-ring (bicyclic) bond motifs is 1. The third kappa shape index (κ3) is 2.75. The van der Waals surface area contributed by atoms with Crippen molar-refractivity contribution in [1.82, 2.24) is 14.6 Å². The maximum absolute atomic E-state index is 4.44. The van der Waals surface area contributed by atoms with Crippen molar-refractivity contribution < 1.29 is 0 Å². The van der Waals surface area contributed by atoms with Crippen LogP contribution in [0.1, 0.15) is 32.3 Å². The number of aryl methyl sites for hydroxylation is 1.